The minimum Gasteiger partial charge on any atom is -0.496 e. The van der Waals surface area contributed by atoms with Crippen LogP contribution in [0.3, 0.4) is 0 Å². The van der Waals surface area contributed by atoms with Gasteiger partial charge in [-0.15, -0.1) is 0 Å². The Bertz CT molecular complexity index is 554. The number of benzene rings is 1. The van der Waals surface area contributed by atoms with E-state index < -0.39 is 5.41 Å². The van der Waals surface area contributed by atoms with E-state index >= 15 is 0 Å². The van der Waals surface area contributed by atoms with Crippen molar-refractivity contribution >= 4 is 5.91 Å². The zero-order valence-electron chi connectivity index (χ0n) is 15.4. The number of piperidine rings is 1. The van der Waals surface area contributed by atoms with Gasteiger partial charge in [0.15, 0.2) is 0 Å². The van der Waals surface area contributed by atoms with Gasteiger partial charge in [0.1, 0.15) is 17.2 Å². The van der Waals surface area contributed by atoms with Crippen molar-refractivity contribution in [2.75, 3.05) is 48.1 Å². The third-order valence-corrected chi connectivity index (χ3v) is 4.71. The van der Waals surface area contributed by atoms with Gasteiger partial charge in [-0.1, -0.05) is 0 Å². The number of carbonyl (C=O) groups excluding carboxylic acids is 1. The van der Waals surface area contributed by atoms with E-state index in [0.29, 0.717) is 30.4 Å². The number of carbonyl (C=O) groups is 1. The van der Waals surface area contributed by atoms with Crippen LogP contribution < -0.4 is 24.8 Å². The van der Waals surface area contributed by atoms with E-state index in [2.05, 4.69) is 10.6 Å². The van der Waals surface area contributed by atoms with Crippen LogP contribution in [-0.2, 0) is 16.1 Å². The molecule has 2 N–H and O–H groups in total. The lowest BCUT2D eigenvalue weighted by Gasteiger charge is -2.35. The molecule has 0 aliphatic carbocycles. The van der Waals surface area contributed by atoms with Crippen LogP contribution in [-0.4, -0.2) is 54.0 Å². The van der Waals surface area contributed by atoms with Crippen LogP contribution >= 0.6 is 0 Å². The Balaban J connectivity index is 2.17. The minimum absolute atomic E-state index is 0.00391. The van der Waals surface area contributed by atoms with Gasteiger partial charge in [0.05, 0.1) is 45.5 Å². The molecule has 140 valence electrons. The van der Waals surface area contributed by atoms with Gasteiger partial charge in [0.2, 0.25) is 5.91 Å². The molecule has 2 rings (SSSR count). The highest BCUT2D eigenvalue weighted by molar-refractivity contribution is 5.83. The minimum atomic E-state index is -0.493. The molecular weight excluding hydrogens is 324 g/mol. The standard InChI is InChI=1S/C18H28N2O5/c1-22-12-18(5-7-19-8-6-18)17(21)20-11-14-15(24-3)9-13(23-2)10-16(14)25-4/h9-10,19H,5-8,11-12H2,1-4H3,(H,20,21). The van der Waals surface area contributed by atoms with E-state index in [9.17, 15) is 4.79 Å². The highest BCUT2D eigenvalue weighted by Crippen LogP contribution is 2.35. The number of hydrogen-bond acceptors (Lipinski definition) is 6. The Labute approximate surface area is 149 Å². The van der Waals surface area contributed by atoms with Crippen LogP contribution in [0.4, 0.5) is 0 Å². The Morgan fingerprint density at radius 1 is 1.08 bits per heavy atom. The first-order chi connectivity index (χ1) is 12.1. The summed E-state index contributed by atoms with van der Waals surface area (Å²) in [4.78, 5) is 12.9. The van der Waals surface area contributed by atoms with Crippen LogP contribution in [0.1, 0.15) is 18.4 Å². The van der Waals surface area contributed by atoms with Gasteiger partial charge in [0.25, 0.3) is 0 Å². The molecule has 1 aromatic carbocycles. The summed E-state index contributed by atoms with van der Waals surface area (Å²) in [7, 11) is 6.38. The highest BCUT2D eigenvalue weighted by Gasteiger charge is 2.39. The van der Waals surface area contributed by atoms with Gasteiger partial charge >= 0.3 is 0 Å². The zero-order chi connectivity index (χ0) is 18.3. The molecule has 25 heavy (non-hydrogen) atoms. The van der Waals surface area contributed by atoms with Crippen molar-refractivity contribution in [2.24, 2.45) is 5.41 Å². The molecule has 1 saturated heterocycles. The van der Waals surface area contributed by atoms with Crippen LogP contribution in [0.15, 0.2) is 12.1 Å². The van der Waals surface area contributed by atoms with Gasteiger partial charge in [-0.3, -0.25) is 4.79 Å². The number of rotatable bonds is 8. The highest BCUT2D eigenvalue weighted by atomic mass is 16.5. The second kappa shape index (κ2) is 8.92. The van der Waals surface area contributed by atoms with Crippen molar-refractivity contribution in [2.45, 2.75) is 19.4 Å². The van der Waals surface area contributed by atoms with Gasteiger partial charge in [-0.25, -0.2) is 0 Å². The summed E-state index contributed by atoms with van der Waals surface area (Å²) in [5.41, 5.74) is 0.285. The number of amides is 1. The average Bonchev–Trinajstić information content (AvgIpc) is 2.66. The van der Waals surface area contributed by atoms with Gasteiger partial charge in [-0.05, 0) is 25.9 Å². The molecule has 0 spiro atoms. The Kier molecular flexibility index (Phi) is 6.90. The SMILES string of the molecule is COCC1(C(=O)NCc2c(OC)cc(OC)cc2OC)CCNCC1. The quantitative estimate of drug-likeness (QED) is 0.735. The van der Waals surface area contributed by atoms with Crippen molar-refractivity contribution in [3.05, 3.63) is 17.7 Å². The number of nitrogens with one attached hydrogen (secondary N) is 2. The fourth-order valence-electron chi connectivity index (χ4n) is 3.23. The van der Waals surface area contributed by atoms with Crippen LogP contribution in [0.5, 0.6) is 17.2 Å². The second-order valence-electron chi connectivity index (χ2n) is 6.16. The molecule has 7 nitrogen and oxygen atoms in total. The fraction of sp³-hybridized carbons (Fsp3) is 0.611. The summed E-state index contributed by atoms with van der Waals surface area (Å²) in [5, 5.41) is 6.32. The first-order valence-corrected chi connectivity index (χ1v) is 8.37. The van der Waals surface area contributed by atoms with Crippen LogP contribution in [0.2, 0.25) is 0 Å². The smallest absolute Gasteiger partial charge is 0.228 e. The maximum Gasteiger partial charge on any atom is 0.228 e. The molecule has 1 amide bonds. The number of ether oxygens (including phenoxy) is 4. The summed E-state index contributed by atoms with van der Waals surface area (Å²) in [5.74, 6) is 1.86. The summed E-state index contributed by atoms with van der Waals surface area (Å²) in [6, 6.07) is 3.55. The number of hydrogen-bond donors (Lipinski definition) is 2. The van der Waals surface area contributed by atoms with Crippen molar-refractivity contribution in [3.63, 3.8) is 0 Å². The van der Waals surface area contributed by atoms with Gasteiger partial charge in [0, 0.05) is 19.2 Å². The molecule has 1 aliphatic rings. The van der Waals surface area contributed by atoms with E-state index in [-0.39, 0.29) is 5.91 Å². The third-order valence-electron chi connectivity index (χ3n) is 4.71. The van der Waals surface area contributed by atoms with Crippen molar-refractivity contribution in [3.8, 4) is 17.2 Å². The average molecular weight is 352 g/mol. The monoisotopic (exact) mass is 352 g/mol. The largest absolute Gasteiger partial charge is 0.496 e. The normalized spacial score (nSPS) is 16.2. The fourth-order valence-corrected chi connectivity index (χ4v) is 3.23. The van der Waals surface area contributed by atoms with Gasteiger partial charge in [-0.2, -0.15) is 0 Å². The first-order valence-electron chi connectivity index (χ1n) is 8.37. The van der Waals surface area contributed by atoms with E-state index in [1.165, 1.54) is 0 Å². The first kappa shape index (κ1) is 19.3. The molecule has 0 aromatic heterocycles. The topological polar surface area (TPSA) is 78.1 Å². The lowest BCUT2D eigenvalue weighted by atomic mass is 9.78. The Hall–Kier alpha value is -1.99. The maximum atomic E-state index is 12.9. The van der Waals surface area contributed by atoms with E-state index in [0.717, 1.165) is 31.5 Å². The van der Waals surface area contributed by atoms with Crippen molar-refractivity contribution < 1.29 is 23.7 Å². The number of methoxy groups -OCH3 is 4. The maximum absolute atomic E-state index is 12.9. The summed E-state index contributed by atoms with van der Waals surface area (Å²) >= 11 is 0. The summed E-state index contributed by atoms with van der Waals surface area (Å²) < 4.78 is 21.4. The predicted molar refractivity (Wildman–Crippen MR) is 94.4 cm³/mol. The molecular formula is C18H28N2O5. The molecule has 1 aromatic rings. The summed E-state index contributed by atoms with van der Waals surface area (Å²) in [6.07, 6.45) is 1.51. The van der Waals surface area contributed by atoms with E-state index in [4.69, 9.17) is 18.9 Å². The zero-order valence-corrected chi connectivity index (χ0v) is 15.4. The molecule has 0 radical (unpaired) electrons. The Morgan fingerprint density at radius 3 is 2.16 bits per heavy atom. The lowest BCUT2D eigenvalue weighted by molar-refractivity contribution is -0.136. The molecule has 7 heteroatoms. The van der Waals surface area contributed by atoms with E-state index in [1.807, 2.05) is 0 Å². The second-order valence-corrected chi connectivity index (χ2v) is 6.16. The Morgan fingerprint density at radius 2 is 1.68 bits per heavy atom. The molecule has 0 bridgehead atoms. The summed E-state index contributed by atoms with van der Waals surface area (Å²) in [6.45, 7) is 2.35. The van der Waals surface area contributed by atoms with Gasteiger partial charge < -0.3 is 29.6 Å². The lowest BCUT2D eigenvalue weighted by Crippen LogP contribution is -2.50. The van der Waals surface area contributed by atoms with Crippen LogP contribution in [0, 0.1) is 5.41 Å². The molecule has 1 fully saturated rings. The van der Waals surface area contributed by atoms with E-state index in [1.54, 1.807) is 40.6 Å². The molecule has 0 saturated carbocycles. The van der Waals surface area contributed by atoms with Crippen molar-refractivity contribution in [1.82, 2.24) is 10.6 Å². The predicted octanol–water partition coefficient (Wildman–Crippen LogP) is 1.34. The molecule has 0 unspecified atom stereocenters. The third kappa shape index (κ3) is 4.35. The molecule has 1 aliphatic heterocycles. The molecule has 1 heterocycles. The molecule has 0 atom stereocenters. The van der Waals surface area contributed by atoms with Crippen LogP contribution in [0.25, 0.3) is 0 Å². The van der Waals surface area contributed by atoms with Crippen molar-refractivity contribution in [1.29, 1.82) is 0 Å².